The minimum absolute atomic E-state index is 0.0200. The van der Waals surface area contributed by atoms with Gasteiger partial charge in [0.15, 0.2) is 11.5 Å². The van der Waals surface area contributed by atoms with Crippen LogP contribution in [0.4, 0.5) is 4.79 Å². The molecule has 0 atom stereocenters. The lowest BCUT2D eigenvalue weighted by Crippen LogP contribution is -2.41. The van der Waals surface area contributed by atoms with Crippen molar-refractivity contribution < 1.29 is 14.3 Å². The summed E-state index contributed by atoms with van der Waals surface area (Å²) in [7, 11) is 1.64. The van der Waals surface area contributed by atoms with E-state index in [4.69, 9.17) is 9.47 Å². The number of amides is 2. The molecule has 1 N–H and O–H groups in total. The summed E-state index contributed by atoms with van der Waals surface area (Å²) in [5, 5.41) is 2.99. The zero-order valence-electron chi connectivity index (χ0n) is 14.9. The summed E-state index contributed by atoms with van der Waals surface area (Å²) in [5.74, 6) is 1.48. The maximum Gasteiger partial charge on any atom is 0.317 e. The van der Waals surface area contributed by atoms with Crippen molar-refractivity contribution in [2.24, 2.45) is 0 Å². The van der Waals surface area contributed by atoms with Crippen molar-refractivity contribution in [1.82, 2.24) is 10.2 Å². The molecule has 0 saturated carbocycles. The Morgan fingerprint density at radius 1 is 1.13 bits per heavy atom. The lowest BCUT2D eigenvalue weighted by Gasteiger charge is -2.22. The van der Waals surface area contributed by atoms with E-state index >= 15 is 0 Å². The molecule has 0 aliphatic rings. The molecule has 0 radical (unpaired) electrons. The molecule has 0 aliphatic heterocycles. The quantitative estimate of drug-likeness (QED) is 0.717. The van der Waals surface area contributed by atoms with Crippen LogP contribution in [0.1, 0.15) is 39.2 Å². The Morgan fingerprint density at radius 2 is 1.83 bits per heavy atom. The third-order valence-electron chi connectivity index (χ3n) is 3.49. The first-order valence-corrected chi connectivity index (χ1v) is 8.48. The van der Waals surface area contributed by atoms with Crippen LogP contribution in [0.5, 0.6) is 11.5 Å². The topological polar surface area (TPSA) is 50.8 Å². The average molecular weight is 322 g/mol. The number of hydrogen-bond acceptors (Lipinski definition) is 3. The number of nitrogens with one attached hydrogen (secondary N) is 1. The second kappa shape index (κ2) is 10.8. The van der Waals surface area contributed by atoms with Crippen molar-refractivity contribution in [3.8, 4) is 11.5 Å². The first-order valence-electron chi connectivity index (χ1n) is 8.48. The molecule has 130 valence electrons. The molecule has 1 aromatic carbocycles. The number of carbonyl (C=O) groups is 1. The standard InChI is InChI=1S/C18H30N2O3/c1-5-12-20(13-6-2)18(21)19-11-10-15-8-9-16(23-7-3)17(14-15)22-4/h8-9,14H,5-7,10-13H2,1-4H3,(H,19,21). The Bertz CT molecular complexity index is 471. The second-order valence-corrected chi connectivity index (χ2v) is 5.39. The Hall–Kier alpha value is -1.91. The molecular weight excluding hydrogens is 292 g/mol. The molecule has 0 saturated heterocycles. The number of benzene rings is 1. The van der Waals surface area contributed by atoms with Gasteiger partial charge in [0, 0.05) is 19.6 Å². The van der Waals surface area contributed by atoms with E-state index in [1.807, 2.05) is 30.0 Å². The van der Waals surface area contributed by atoms with E-state index in [0.29, 0.717) is 13.2 Å². The van der Waals surface area contributed by atoms with Crippen LogP contribution in [0.2, 0.25) is 0 Å². The smallest absolute Gasteiger partial charge is 0.317 e. The number of carbonyl (C=O) groups excluding carboxylic acids is 1. The molecule has 0 spiro atoms. The van der Waals surface area contributed by atoms with Gasteiger partial charge in [-0.2, -0.15) is 0 Å². The van der Waals surface area contributed by atoms with Gasteiger partial charge in [-0.1, -0.05) is 19.9 Å². The first kappa shape index (κ1) is 19.1. The molecule has 0 heterocycles. The van der Waals surface area contributed by atoms with Crippen molar-refractivity contribution in [1.29, 1.82) is 0 Å². The lowest BCUT2D eigenvalue weighted by molar-refractivity contribution is 0.198. The average Bonchev–Trinajstić information content (AvgIpc) is 2.56. The van der Waals surface area contributed by atoms with Crippen LogP contribution in [0.3, 0.4) is 0 Å². The minimum atomic E-state index is 0.0200. The molecule has 5 nitrogen and oxygen atoms in total. The maximum atomic E-state index is 12.1. The van der Waals surface area contributed by atoms with Gasteiger partial charge in [0.1, 0.15) is 0 Å². The summed E-state index contributed by atoms with van der Waals surface area (Å²) < 4.78 is 10.9. The first-order chi connectivity index (χ1) is 11.2. The lowest BCUT2D eigenvalue weighted by atomic mass is 10.1. The summed E-state index contributed by atoms with van der Waals surface area (Å²) in [6.07, 6.45) is 2.72. The highest BCUT2D eigenvalue weighted by molar-refractivity contribution is 5.74. The molecule has 1 rings (SSSR count). The zero-order chi connectivity index (χ0) is 17.1. The summed E-state index contributed by atoms with van der Waals surface area (Å²) >= 11 is 0. The molecule has 0 bridgehead atoms. The van der Waals surface area contributed by atoms with Crippen LogP contribution >= 0.6 is 0 Å². The van der Waals surface area contributed by atoms with Gasteiger partial charge in [-0.15, -0.1) is 0 Å². The maximum absolute atomic E-state index is 12.1. The molecule has 0 aromatic heterocycles. The molecule has 5 heteroatoms. The van der Waals surface area contributed by atoms with Crippen LogP contribution in [0.25, 0.3) is 0 Å². The largest absolute Gasteiger partial charge is 0.493 e. The number of methoxy groups -OCH3 is 1. The monoisotopic (exact) mass is 322 g/mol. The number of rotatable bonds is 10. The Balaban J connectivity index is 2.53. The summed E-state index contributed by atoms with van der Waals surface area (Å²) in [6.45, 7) is 8.94. The molecule has 1 aromatic rings. The Kier molecular flexibility index (Phi) is 8.95. The van der Waals surface area contributed by atoms with Crippen molar-refractivity contribution >= 4 is 6.03 Å². The van der Waals surface area contributed by atoms with E-state index in [9.17, 15) is 4.79 Å². The van der Waals surface area contributed by atoms with Gasteiger partial charge in [0.2, 0.25) is 0 Å². The number of urea groups is 1. The molecule has 0 aliphatic carbocycles. The van der Waals surface area contributed by atoms with Crippen molar-refractivity contribution in [2.45, 2.75) is 40.0 Å². The second-order valence-electron chi connectivity index (χ2n) is 5.39. The Morgan fingerprint density at radius 3 is 2.39 bits per heavy atom. The molecular formula is C18H30N2O3. The van der Waals surface area contributed by atoms with Crippen LogP contribution in [0, 0.1) is 0 Å². The van der Waals surface area contributed by atoms with E-state index in [1.54, 1.807) is 7.11 Å². The van der Waals surface area contributed by atoms with E-state index in [2.05, 4.69) is 19.2 Å². The van der Waals surface area contributed by atoms with E-state index in [-0.39, 0.29) is 6.03 Å². The zero-order valence-corrected chi connectivity index (χ0v) is 14.9. The molecule has 0 unspecified atom stereocenters. The van der Waals surface area contributed by atoms with E-state index in [1.165, 1.54) is 0 Å². The third-order valence-corrected chi connectivity index (χ3v) is 3.49. The third kappa shape index (κ3) is 6.38. The normalized spacial score (nSPS) is 10.3. The van der Waals surface area contributed by atoms with Crippen molar-refractivity contribution in [3.05, 3.63) is 23.8 Å². The molecule has 2 amide bonds. The summed E-state index contributed by atoms with van der Waals surface area (Å²) in [5.41, 5.74) is 1.11. The van der Waals surface area contributed by atoms with Crippen LogP contribution in [-0.2, 0) is 6.42 Å². The molecule has 0 fully saturated rings. The highest BCUT2D eigenvalue weighted by atomic mass is 16.5. The van der Waals surface area contributed by atoms with Crippen molar-refractivity contribution in [3.63, 3.8) is 0 Å². The van der Waals surface area contributed by atoms with Gasteiger partial charge in [0.05, 0.1) is 13.7 Å². The number of hydrogen-bond donors (Lipinski definition) is 1. The van der Waals surface area contributed by atoms with Crippen LogP contribution in [0.15, 0.2) is 18.2 Å². The highest BCUT2D eigenvalue weighted by Gasteiger charge is 2.11. The van der Waals surface area contributed by atoms with E-state index < -0.39 is 0 Å². The predicted molar refractivity (Wildman–Crippen MR) is 93.4 cm³/mol. The van der Waals surface area contributed by atoms with E-state index in [0.717, 1.165) is 49.4 Å². The molecule has 23 heavy (non-hydrogen) atoms. The van der Waals surface area contributed by atoms with Gasteiger partial charge in [-0.3, -0.25) is 0 Å². The van der Waals surface area contributed by atoms with Crippen LogP contribution < -0.4 is 14.8 Å². The van der Waals surface area contributed by atoms with Gasteiger partial charge in [-0.25, -0.2) is 4.79 Å². The van der Waals surface area contributed by atoms with Gasteiger partial charge in [-0.05, 0) is 43.9 Å². The number of ether oxygens (including phenoxy) is 2. The van der Waals surface area contributed by atoms with Gasteiger partial charge >= 0.3 is 6.03 Å². The fraction of sp³-hybridized carbons (Fsp3) is 0.611. The van der Waals surface area contributed by atoms with Crippen molar-refractivity contribution in [2.75, 3.05) is 33.4 Å². The van der Waals surface area contributed by atoms with Gasteiger partial charge in [0.25, 0.3) is 0 Å². The minimum Gasteiger partial charge on any atom is -0.493 e. The summed E-state index contributed by atoms with van der Waals surface area (Å²) in [6, 6.07) is 5.91. The fourth-order valence-electron chi connectivity index (χ4n) is 2.42. The summed E-state index contributed by atoms with van der Waals surface area (Å²) in [4.78, 5) is 14.0. The predicted octanol–water partition coefficient (Wildman–Crippen LogP) is 3.47. The van der Waals surface area contributed by atoms with Gasteiger partial charge < -0.3 is 19.7 Å². The SMILES string of the molecule is CCCN(CCC)C(=O)NCCc1ccc(OCC)c(OC)c1. The van der Waals surface area contributed by atoms with Crippen LogP contribution in [-0.4, -0.2) is 44.3 Å². The highest BCUT2D eigenvalue weighted by Crippen LogP contribution is 2.28. The Labute approximate surface area is 140 Å². The fourth-order valence-corrected chi connectivity index (χ4v) is 2.42. The number of nitrogens with zero attached hydrogens (tertiary/aromatic N) is 1.